The summed E-state index contributed by atoms with van der Waals surface area (Å²) in [6, 6.07) is 5.49. The van der Waals surface area contributed by atoms with Gasteiger partial charge in [-0.15, -0.1) is 11.6 Å². The van der Waals surface area contributed by atoms with Crippen molar-refractivity contribution in [2.45, 2.75) is 4.90 Å². The summed E-state index contributed by atoms with van der Waals surface area (Å²) < 4.78 is 30.5. The zero-order valence-electron chi connectivity index (χ0n) is 13.5. The van der Waals surface area contributed by atoms with Crippen LogP contribution in [0.5, 0.6) is 11.5 Å². The van der Waals surface area contributed by atoms with E-state index < -0.39 is 31.6 Å². The molecule has 0 saturated carbocycles. The van der Waals surface area contributed by atoms with E-state index >= 15 is 0 Å². The molecule has 0 unspecified atom stereocenters. The molecule has 0 aliphatic heterocycles. The molecule has 14 heteroatoms. The molecule has 28 heavy (non-hydrogen) atoms. The van der Waals surface area contributed by atoms with Crippen LogP contribution in [0.3, 0.4) is 0 Å². The lowest BCUT2D eigenvalue weighted by Crippen LogP contribution is -2.42. The Kier molecular flexibility index (Phi) is 6.97. The second-order valence-corrected chi connectivity index (χ2v) is 8.37. The minimum Gasteiger partial charge on any atom is -0.453 e. The molecule has 0 saturated heterocycles. The molecule has 0 aliphatic carbocycles. The van der Waals surface area contributed by atoms with Crippen LogP contribution in [0, 0.1) is 15.5 Å². The average Bonchev–Trinajstić information content (AvgIpc) is 2.63. The third-order valence-corrected chi connectivity index (χ3v) is 5.94. The minimum atomic E-state index is -4.33. The van der Waals surface area contributed by atoms with Crippen LogP contribution < -0.4 is 10.6 Å². The summed E-state index contributed by atoms with van der Waals surface area (Å²) in [5.74, 6) is 4.29. The summed E-state index contributed by atoms with van der Waals surface area (Å²) in [4.78, 5) is 9.72. The number of sulfonamides is 1. The van der Waals surface area contributed by atoms with Crippen molar-refractivity contribution in [1.29, 1.82) is 5.41 Å². The molecule has 0 fully saturated rings. The highest BCUT2D eigenvalue weighted by Crippen LogP contribution is 2.41. The number of halogens is 4. The highest BCUT2D eigenvalue weighted by Gasteiger charge is 2.26. The molecule has 0 radical (unpaired) electrons. The van der Waals surface area contributed by atoms with Crippen LogP contribution in [0.1, 0.15) is 0 Å². The SMILES string of the molecule is N=C(CCl)N(N)S(=O)(=O)c1cc(Cl)c(Oc2ccc([N+](=O)[O-])cc2Cl)c(Cl)c1. The summed E-state index contributed by atoms with van der Waals surface area (Å²) in [5.41, 5.74) is -0.249. The summed E-state index contributed by atoms with van der Waals surface area (Å²) in [7, 11) is -4.33. The highest BCUT2D eigenvalue weighted by molar-refractivity contribution is 7.89. The first-order valence-corrected chi connectivity index (χ1v) is 10.1. The Morgan fingerprint density at radius 1 is 1.18 bits per heavy atom. The molecule has 3 N–H and O–H groups in total. The fourth-order valence-corrected chi connectivity index (χ4v) is 4.12. The van der Waals surface area contributed by atoms with Crippen molar-refractivity contribution in [3.8, 4) is 11.5 Å². The predicted octanol–water partition coefficient (Wildman–Crippen LogP) is 4.43. The van der Waals surface area contributed by atoms with Gasteiger partial charge in [0.05, 0.1) is 30.8 Å². The van der Waals surface area contributed by atoms with Crippen LogP contribution in [-0.4, -0.2) is 29.5 Å². The van der Waals surface area contributed by atoms with Crippen LogP contribution >= 0.6 is 46.4 Å². The van der Waals surface area contributed by atoms with Crippen LogP contribution in [0.2, 0.25) is 15.1 Å². The van der Waals surface area contributed by atoms with Gasteiger partial charge in [0.25, 0.3) is 15.7 Å². The van der Waals surface area contributed by atoms with Crippen molar-refractivity contribution >= 4 is 68.0 Å². The lowest BCUT2D eigenvalue weighted by molar-refractivity contribution is -0.384. The van der Waals surface area contributed by atoms with Gasteiger partial charge in [0, 0.05) is 12.1 Å². The Bertz CT molecular complexity index is 1040. The number of non-ortho nitro benzene ring substituents is 1. The van der Waals surface area contributed by atoms with Crippen molar-refractivity contribution in [3.05, 3.63) is 55.5 Å². The molecule has 0 bridgehead atoms. The van der Waals surface area contributed by atoms with E-state index in [0.29, 0.717) is 0 Å². The third-order valence-electron chi connectivity index (χ3n) is 3.26. The number of ether oxygens (including phenoxy) is 1. The number of amidine groups is 1. The molecular formula is C14H10Cl4N4O5S. The molecule has 0 heterocycles. The number of hydrazine groups is 1. The van der Waals surface area contributed by atoms with E-state index in [2.05, 4.69) is 0 Å². The van der Waals surface area contributed by atoms with Gasteiger partial charge in [-0.2, -0.15) is 12.8 Å². The van der Waals surface area contributed by atoms with E-state index in [1.54, 1.807) is 0 Å². The van der Waals surface area contributed by atoms with Gasteiger partial charge in [0.2, 0.25) is 0 Å². The van der Waals surface area contributed by atoms with E-state index in [1.807, 2.05) is 0 Å². The van der Waals surface area contributed by atoms with Gasteiger partial charge in [-0.05, 0) is 18.2 Å². The van der Waals surface area contributed by atoms with Gasteiger partial charge >= 0.3 is 0 Å². The minimum absolute atomic E-state index is 0.0102. The van der Waals surface area contributed by atoms with Gasteiger partial charge in [0.15, 0.2) is 5.75 Å². The Labute approximate surface area is 179 Å². The predicted molar refractivity (Wildman–Crippen MR) is 106 cm³/mol. The summed E-state index contributed by atoms with van der Waals surface area (Å²) >= 11 is 23.5. The van der Waals surface area contributed by atoms with Gasteiger partial charge in [0.1, 0.15) is 11.6 Å². The number of nitrogens with zero attached hydrogens (tertiary/aromatic N) is 2. The summed E-state index contributed by atoms with van der Waals surface area (Å²) in [6.07, 6.45) is 0. The van der Waals surface area contributed by atoms with E-state index in [9.17, 15) is 18.5 Å². The zero-order valence-corrected chi connectivity index (χ0v) is 17.4. The highest BCUT2D eigenvalue weighted by atomic mass is 35.5. The lowest BCUT2D eigenvalue weighted by atomic mass is 10.3. The Morgan fingerprint density at radius 3 is 2.21 bits per heavy atom. The van der Waals surface area contributed by atoms with Crippen LogP contribution in [-0.2, 0) is 10.0 Å². The molecule has 0 amide bonds. The lowest BCUT2D eigenvalue weighted by Gasteiger charge is -2.19. The molecule has 150 valence electrons. The fraction of sp³-hybridized carbons (Fsp3) is 0.0714. The molecule has 0 aromatic heterocycles. The average molecular weight is 488 g/mol. The van der Waals surface area contributed by atoms with Crippen LogP contribution in [0.4, 0.5) is 5.69 Å². The van der Waals surface area contributed by atoms with Crippen LogP contribution in [0.15, 0.2) is 35.2 Å². The number of nitrogens with one attached hydrogen (secondary N) is 1. The van der Waals surface area contributed by atoms with Gasteiger partial charge in [-0.3, -0.25) is 15.5 Å². The number of rotatable bonds is 6. The molecule has 0 spiro atoms. The van der Waals surface area contributed by atoms with Gasteiger partial charge in [-0.1, -0.05) is 34.8 Å². The van der Waals surface area contributed by atoms with E-state index in [4.69, 9.17) is 62.4 Å². The first kappa shape index (κ1) is 22.5. The molecule has 2 aromatic carbocycles. The van der Waals surface area contributed by atoms with E-state index in [1.165, 1.54) is 6.07 Å². The molecule has 0 aliphatic rings. The Balaban J connectivity index is 2.42. The van der Waals surface area contributed by atoms with Gasteiger partial charge in [-0.25, -0.2) is 5.84 Å². The van der Waals surface area contributed by atoms with Crippen molar-refractivity contribution in [3.63, 3.8) is 0 Å². The first-order chi connectivity index (χ1) is 13.0. The van der Waals surface area contributed by atoms with Crippen molar-refractivity contribution < 1.29 is 18.1 Å². The van der Waals surface area contributed by atoms with Crippen molar-refractivity contribution in [2.75, 3.05) is 5.88 Å². The van der Waals surface area contributed by atoms with Crippen LogP contribution in [0.25, 0.3) is 0 Å². The molecule has 0 atom stereocenters. The number of nitro groups is 1. The molecule has 9 nitrogen and oxygen atoms in total. The van der Waals surface area contributed by atoms with Gasteiger partial charge < -0.3 is 4.74 Å². The smallest absolute Gasteiger partial charge is 0.278 e. The Hall–Kier alpha value is -1.82. The van der Waals surface area contributed by atoms with E-state index in [-0.39, 0.29) is 36.7 Å². The number of nitrogens with two attached hydrogens (primary N) is 1. The first-order valence-electron chi connectivity index (χ1n) is 7.03. The number of alkyl halides is 1. The normalized spacial score (nSPS) is 11.2. The fourth-order valence-electron chi connectivity index (χ4n) is 1.90. The third kappa shape index (κ3) is 4.59. The second kappa shape index (κ2) is 8.68. The van der Waals surface area contributed by atoms with Crippen molar-refractivity contribution in [2.24, 2.45) is 5.84 Å². The van der Waals surface area contributed by atoms with Crippen molar-refractivity contribution in [1.82, 2.24) is 4.41 Å². The molecular weight excluding hydrogens is 478 g/mol. The second-order valence-electron chi connectivity index (χ2n) is 5.07. The molecule has 2 rings (SSSR count). The number of hydrogen-bond acceptors (Lipinski definition) is 7. The maximum atomic E-state index is 12.4. The topological polar surface area (TPSA) is 140 Å². The zero-order chi connectivity index (χ0) is 21.2. The number of hydrogen-bond donors (Lipinski definition) is 2. The van der Waals surface area contributed by atoms with E-state index in [0.717, 1.165) is 24.3 Å². The Morgan fingerprint density at radius 2 is 1.75 bits per heavy atom. The molecule has 2 aromatic rings. The standard InChI is InChI=1S/C14H10Cl4N4O5S/c15-6-13(19)21(20)28(25,26)8-4-10(17)14(11(18)5-8)27-12-2-1-7(22(23)24)3-9(12)16/h1-5,19H,6,20H2. The summed E-state index contributed by atoms with van der Waals surface area (Å²) in [6.45, 7) is 0. The number of nitro benzene ring substituents is 1. The largest absolute Gasteiger partial charge is 0.453 e. The monoisotopic (exact) mass is 486 g/mol. The maximum absolute atomic E-state index is 12.4. The summed E-state index contributed by atoms with van der Waals surface area (Å²) in [5, 5.41) is 17.7. The quantitative estimate of drug-likeness (QED) is 0.154. The maximum Gasteiger partial charge on any atom is 0.278 e. The number of benzene rings is 2.